The lowest BCUT2D eigenvalue weighted by atomic mass is 10.1. The average molecular weight is 277 g/mol. The lowest BCUT2D eigenvalue weighted by Gasteiger charge is -2.16. The van der Waals surface area contributed by atoms with E-state index in [-0.39, 0.29) is 0 Å². The zero-order chi connectivity index (χ0) is 13.5. The monoisotopic (exact) mass is 277 g/mol. The van der Waals surface area contributed by atoms with Gasteiger partial charge in [0.15, 0.2) is 0 Å². The molecule has 1 atom stereocenters. The molecule has 1 N–H and O–H groups in total. The third kappa shape index (κ3) is 4.03. The molecule has 0 bridgehead atoms. The number of ether oxygens (including phenoxy) is 1. The van der Waals surface area contributed by atoms with E-state index in [0.29, 0.717) is 6.04 Å². The van der Waals surface area contributed by atoms with Crippen LogP contribution in [0, 0.1) is 0 Å². The van der Waals surface area contributed by atoms with Crippen LogP contribution in [0.2, 0.25) is 0 Å². The molecule has 2 nitrogen and oxygen atoms in total. The molecule has 2 aromatic rings. The molecule has 0 amide bonds. The van der Waals surface area contributed by atoms with Crippen LogP contribution in [0.15, 0.2) is 30.3 Å². The van der Waals surface area contributed by atoms with Crippen molar-refractivity contribution in [2.75, 3.05) is 20.3 Å². The van der Waals surface area contributed by atoms with E-state index in [1.54, 1.807) is 7.11 Å². The molecule has 1 aromatic heterocycles. The van der Waals surface area contributed by atoms with Crippen molar-refractivity contribution >= 4 is 21.4 Å². The fraction of sp³-hybridized carbons (Fsp3) is 0.500. The van der Waals surface area contributed by atoms with E-state index in [1.807, 2.05) is 11.3 Å². The van der Waals surface area contributed by atoms with Gasteiger partial charge in [-0.1, -0.05) is 25.1 Å². The molecule has 104 valence electrons. The van der Waals surface area contributed by atoms with Crippen molar-refractivity contribution in [2.45, 2.75) is 32.2 Å². The summed E-state index contributed by atoms with van der Waals surface area (Å²) in [5, 5.41) is 5.02. The summed E-state index contributed by atoms with van der Waals surface area (Å²) in [4.78, 5) is 1.45. The molecule has 0 aliphatic carbocycles. The minimum Gasteiger partial charge on any atom is -0.385 e. The lowest BCUT2D eigenvalue weighted by molar-refractivity contribution is 0.189. The summed E-state index contributed by atoms with van der Waals surface area (Å²) in [7, 11) is 1.77. The van der Waals surface area contributed by atoms with Crippen LogP contribution in [0.3, 0.4) is 0 Å². The zero-order valence-corrected chi connectivity index (χ0v) is 12.6. The van der Waals surface area contributed by atoms with Gasteiger partial charge >= 0.3 is 0 Å². The quantitative estimate of drug-likeness (QED) is 0.723. The van der Waals surface area contributed by atoms with Gasteiger partial charge in [-0.3, -0.25) is 0 Å². The Morgan fingerprint density at radius 1 is 1.32 bits per heavy atom. The fourth-order valence-corrected chi connectivity index (χ4v) is 3.44. The highest BCUT2D eigenvalue weighted by Crippen LogP contribution is 2.31. The number of fused-ring (bicyclic) bond motifs is 1. The van der Waals surface area contributed by atoms with Crippen molar-refractivity contribution in [3.63, 3.8) is 0 Å². The Hall–Kier alpha value is -0.900. The molecule has 0 saturated heterocycles. The number of thiophene rings is 1. The first-order valence-electron chi connectivity index (χ1n) is 7.06. The first kappa shape index (κ1) is 14.5. The maximum Gasteiger partial charge on any atom is 0.0462 e. The summed E-state index contributed by atoms with van der Waals surface area (Å²) in [6.45, 7) is 4.13. The Labute approximate surface area is 119 Å². The Balaban J connectivity index is 2.10. The van der Waals surface area contributed by atoms with E-state index < -0.39 is 0 Å². The molecule has 0 radical (unpaired) electrons. The van der Waals surface area contributed by atoms with Crippen molar-refractivity contribution in [1.82, 2.24) is 5.32 Å². The predicted octanol–water partition coefficient (Wildman–Crippen LogP) is 4.37. The lowest BCUT2D eigenvalue weighted by Crippen LogP contribution is -2.21. The van der Waals surface area contributed by atoms with E-state index in [0.717, 1.165) is 26.0 Å². The topological polar surface area (TPSA) is 21.3 Å². The molecule has 0 saturated carbocycles. The molecule has 1 unspecified atom stereocenters. The molecule has 3 heteroatoms. The molecule has 1 heterocycles. The first-order chi connectivity index (χ1) is 9.35. The number of benzene rings is 1. The van der Waals surface area contributed by atoms with Gasteiger partial charge in [-0.2, -0.15) is 0 Å². The molecule has 19 heavy (non-hydrogen) atoms. The summed E-state index contributed by atoms with van der Waals surface area (Å²) in [6, 6.07) is 11.4. The second-order valence-corrected chi connectivity index (χ2v) is 5.94. The highest BCUT2D eigenvalue weighted by Gasteiger charge is 2.13. The zero-order valence-electron chi connectivity index (χ0n) is 11.8. The van der Waals surface area contributed by atoms with E-state index in [9.17, 15) is 0 Å². The SMILES string of the molecule is CCCNC(CCCOC)c1cc2ccccc2s1. The van der Waals surface area contributed by atoms with Gasteiger partial charge in [0.05, 0.1) is 0 Å². The maximum atomic E-state index is 5.17. The van der Waals surface area contributed by atoms with Crippen LogP contribution in [0.4, 0.5) is 0 Å². The van der Waals surface area contributed by atoms with Gasteiger partial charge in [0.2, 0.25) is 0 Å². The van der Waals surface area contributed by atoms with Crippen molar-refractivity contribution in [1.29, 1.82) is 0 Å². The van der Waals surface area contributed by atoms with Gasteiger partial charge in [0.1, 0.15) is 0 Å². The number of methoxy groups -OCH3 is 1. The van der Waals surface area contributed by atoms with Crippen LogP contribution >= 0.6 is 11.3 Å². The van der Waals surface area contributed by atoms with Gasteiger partial charge in [-0.25, -0.2) is 0 Å². The van der Waals surface area contributed by atoms with Crippen LogP contribution < -0.4 is 5.32 Å². The van der Waals surface area contributed by atoms with Crippen molar-refractivity contribution in [2.24, 2.45) is 0 Å². The second kappa shape index (κ2) is 7.63. The molecular formula is C16H23NOS. The summed E-state index contributed by atoms with van der Waals surface area (Å²) in [5.74, 6) is 0. The van der Waals surface area contributed by atoms with E-state index >= 15 is 0 Å². The number of hydrogen-bond acceptors (Lipinski definition) is 3. The highest BCUT2D eigenvalue weighted by atomic mass is 32.1. The standard InChI is InChI=1S/C16H23NOS/c1-3-10-17-14(8-6-11-18-2)16-12-13-7-4-5-9-15(13)19-16/h4-5,7,9,12,14,17H,3,6,8,10-11H2,1-2H3. The third-order valence-electron chi connectivity index (χ3n) is 3.27. The van der Waals surface area contributed by atoms with Gasteiger partial charge in [-0.05, 0) is 43.3 Å². The summed E-state index contributed by atoms with van der Waals surface area (Å²) >= 11 is 1.91. The summed E-state index contributed by atoms with van der Waals surface area (Å²) in [5.41, 5.74) is 0. The van der Waals surface area contributed by atoms with Crippen LogP contribution in [-0.4, -0.2) is 20.3 Å². The Bertz CT molecular complexity index is 461. The van der Waals surface area contributed by atoms with Gasteiger partial charge in [-0.15, -0.1) is 11.3 Å². The molecular weight excluding hydrogens is 254 g/mol. The summed E-state index contributed by atoms with van der Waals surface area (Å²) < 4.78 is 6.55. The minimum atomic E-state index is 0.465. The normalized spacial score (nSPS) is 12.9. The maximum absolute atomic E-state index is 5.17. The van der Waals surface area contributed by atoms with E-state index in [4.69, 9.17) is 4.74 Å². The van der Waals surface area contributed by atoms with Crippen molar-refractivity contribution in [3.8, 4) is 0 Å². The third-order valence-corrected chi connectivity index (χ3v) is 4.50. The largest absolute Gasteiger partial charge is 0.385 e. The number of rotatable bonds is 8. The van der Waals surface area contributed by atoms with Gasteiger partial charge < -0.3 is 10.1 Å². The minimum absolute atomic E-state index is 0.465. The highest BCUT2D eigenvalue weighted by molar-refractivity contribution is 7.19. The van der Waals surface area contributed by atoms with Crippen LogP contribution in [0.1, 0.15) is 37.1 Å². The molecule has 2 rings (SSSR count). The molecule has 0 aliphatic heterocycles. The van der Waals surface area contributed by atoms with Crippen LogP contribution in [-0.2, 0) is 4.74 Å². The van der Waals surface area contributed by atoms with Gasteiger partial charge in [0, 0.05) is 29.3 Å². The first-order valence-corrected chi connectivity index (χ1v) is 7.87. The van der Waals surface area contributed by atoms with Gasteiger partial charge in [0.25, 0.3) is 0 Å². The van der Waals surface area contributed by atoms with Crippen LogP contribution in [0.25, 0.3) is 10.1 Å². The molecule has 0 fully saturated rings. The van der Waals surface area contributed by atoms with Crippen molar-refractivity contribution < 1.29 is 4.74 Å². The second-order valence-electron chi connectivity index (χ2n) is 4.83. The number of hydrogen-bond donors (Lipinski definition) is 1. The smallest absolute Gasteiger partial charge is 0.0462 e. The Kier molecular flexibility index (Phi) is 5.83. The summed E-state index contributed by atoms with van der Waals surface area (Å²) in [6.07, 6.45) is 3.42. The molecule has 1 aromatic carbocycles. The Morgan fingerprint density at radius 3 is 2.89 bits per heavy atom. The predicted molar refractivity (Wildman–Crippen MR) is 84.0 cm³/mol. The molecule has 0 aliphatic rings. The number of nitrogens with one attached hydrogen (secondary N) is 1. The van der Waals surface area contributed by atoms with Crippen molar-refractivity contribution in [3.05, 3.63) is 35.2 Å². The van der Waals surface area contributed by atoms with E-state index in [1.165, 1.54) is 21.4 Å². The van der Waals surface area contributed by atoms with E-state index in [2.05, 4.69) is 42.6 Å². The fourth-order valence-electron chi connectivity index (χ4n) is 2.27. The average Bonchev–Trinajstić information content (AvgIpc) is 2.86. The van der Waals surface area contributed by atoms with Crippen LogP contribution in [0.5, 0.6) is 0 Å². The molecule has 0 spiro atoms. The Morgan fingerprint density at radius 2 is 2.16 bits per heavy atom.